The van der Waals surface area contributed by atoms with Crippen LogP contribution in [0.15, 0.2) is 48.7 Å². The topological polar surface area (TPSA) is 42.0 Å². The molecule has 19 heavy (non-hydrogen) atoms. The van der Waals surface area contributed by atoms with Gasteiger partial charge in [-0.05, 0) is 31.0 Å². The number of halogens is 1. The predicted octanol–water partition coefficient (Wildman–Crippen LogP) is 3.10. The highest BCUT2D eigenvalue weighted by Crippen LogP contribution is 2.12. The van der Waals surface area contributed by atoms with Crippen molar-refractivity contribution in [3.8, 4) is 0 Å². The van der Waals surface area contributed by atoms with Crippen molar-refractivity contribution in [2.75, 3.05) is 0 Å². The van der Waals surface area contributed by atoms with Crippen molar-refractivity contribution in [3.63, 3.8) is 0 Å². The van der Waals surface area contributed by atoms with Gasteiger partial charge in [0, 0.05) is 12.2 Å². The maximum atomic E-state index is 12.0. The van der Waals surface area contributed by atoms with E-state index in [1.807, 2.05) is 37.3 Å². The molecule has 1 N–H and O–H groups in total. The van der Waals surface area contributed by atoms with Crippen LogP contribution in [0.1, 0.15) is 22.8 Å². The lowest BCUT2D eigenvalue weighted by Crippen LogP contribution is -2.34. The highest BCUT2D eigenvalue weighted by Gasteiger charge is 2.13. The van der Waals surface area contributed by atoms with Gasteiger partial charge in [0.1, 0.15) is 5.15 Å². The SMILES string of the molecule is CC(Cc1ccccc1)NC(=O)c1cccnc1Cl. The van der Waals surface area contributed by atoms with Crippen molar-refractivity contribution in [1.82, 2.24) is 10.3 Å². The molecule has 2 rings (SSSR count). The molecule has 0 aliphatic rings. The van der Waals surface area contributed by atoms with Gasteiger partial charge < -0.3 is 5.32 Å². The Morgan fingerprint density at radius 2 is 2.00 bits per heavy atom. The zero-order valence-electron chi connectivity index (χ0n) is 10.6. The molecule has 4 heteroatoms. The maximum absolute atomic E-state index is 12.0. The van der Waals surface area contributed by atoms with Gasteiger partial charge in [-0.2, -0.15) is 0 Å². The van der Waals surface area contributed by atoms with Gasteiger partial charge in [0.15, 0.2) is 0 Å². The van der Waals surface area contributed by atoms with Gasteiger partial charge in [-0.1, -0.05) is 41.9 Å². The van der Waals surface area contributed by atoms with Crippen LogP contribution < -0.4 is 5.32 Å². The van der Waals surface area contributed by atoms with Crippen LogP contribution in [0.25, 0.3) is 0 Å². The van der Waals surface area contributed by atoms with Crippen molar-refractivity contribution in [1.29, 1.82) is 0 Å². The third-order valence-corrected chi connectivity index (χ3v) is 3.07. The minimum Gasteiger partial charge on any atom is -0.349 e. The van der Waals surface area contributed by atoms with Crippen molar-refractivity contribution >= 4 is 17.5 Å². The van der Waals surface area contributed by atoms with Gasteiger partial charge in [0.05, 0.1) is 5.56 Å². The van der Waals surface area contributed by atoms with Gasteiger partial charge in [-0.25, -0.2) is 4.98 Å². The van der Waals surface area contributed by atoms with Crippen LogP contribution in [0.5, 0.6) is 0 Å². The molecule has 1 heterocycles. The summed E-state index contributed by atoms with van der Waals surface area (Å²) in [6.45, 7) is 1.97. The molecule has 0 spiro atoms. The van der Waals surface area contributed by atoms with Crippen LogP contribution in [0.4, 0.5) is 0 Å². The average molecular weight is 275 g/mol. The first kappa shape index (κ1) is 13.6. The summed E-state index contributed by atoms with van der Waals surface area (Å²) in [6.07, 6.45) is 2.34. The number of amides is 1. The van der Waals surface area contributed by atoms with Crippen molar-refractivity contribution in [3.05, 3.63) is 64.9 Å². The fraction of sp³-hybridized carbons (Fsp3) is 0.200. The van der Waals surface area contributed by atoms with E-state index in [9.17, 15) is 4.79 Å². The molecule has 0 saturated carbocycles. The highest BCUT2D eigenvalue weighted by molar-refractivity contribution is 6.32. The molecule has 0 fully saturated rings. The Bertz CT molecular complexity index is 557. The van der Waals surface area contributed by atoms with Gasteiger partial charge >= 0.3 is 0 Å². The van der Waals surface area contributed by atoms with Crippen LogP contribution in [0, 0.1) is 0 Å². The number of hydrogen-bond donors (Lipinski definition) is 1. The number of pyridine rings is 1. The summed E-state index contributed by atoms with van der Waals surface area (Å²) in [5.41, 5.74) is 1.59. The third kappa shape index (κ3) is 3.80. The number of rotatable bonds is 4. The summed E-state index contributed by atoms with van der Waals surface area (Å²) < 4.78 is 0. The average Bonchev–Trinajstić information content (AvgIpc) is 2.40. The van der Waals surface area contributed by atoms with Crippen molar-refractivity contribution < 1.29 is 4.79 Å². The third-order valence-electron chi connectivity index (χ3n) is 2.77. The van der Waals surface area contributed by atoms with E-state index in [0.717, 1.165) is 6.42 Å². The summed E-state index contributed by atoms with van der Waals surface area (Å²) in [4.78, 5) is 15.9. The highest BCUT2D eigenvalue weighted by atomic mass is 35.5. The molecule has 1 unspecified atom stereocenters. The Labute approximate surface area is 117 Å². The zero-order valence-corrected chi connectivity index (χ0v) is 11.4. The summed E-state index contributed by atoms with van der Waals surface area (Å²) in [5.74, 6) is -0.193. The molecule has 1 aromatic carbocycles. The standard InChI is InChI=1S/C15H15ClN2O/c1-11(10-12-6-3-2-4-7-12)18-15(19)13-8-5-9-17-14(13)16/h2-9,11H,10H2,1H3,(H,18,19). The molecule has 1 amide bonds. The number of carbonyl (C=O) groups excluding carboxylic acids is 1. The molecule has 98 valence electrons. The number of nitrogens with one attached hydrogen (secondary N) is 1. The van der Waals surface area contributed by atoms with E-state index in [4.69, 9.17) is 11.6 Å². The summed E-state index contributed by atoms with van der Waals surface area (Å²) in [5, 5.41) is 3.15. The molecule has 0 aliphatic carbocycles. The normalized spacial score (nSPS) is 11.9. The molecule has 0 bridgehead atoms. The second-order valence-corrected chi connectivity index (χ2v) is 4.76. The lowest BCUT2D eigenvalue weighted by Gasteiger charge is -2.14. The molecule has 0 aliphatic heterocycles. The van der Waals surface area contributed by atoms with E-state index in [1.54, 1.807) is 18.3 Å². The Hall–Kier alpha value is -1.87. The number of hydrogen-bond acceptors (Lipinski definition) is 2. The molecule has 0 radical (unpaired) electrons. The summed E-state index contributed by atoms with van der Waals surface area (Å²) in [6, 6.07) is 13.4. The predicted molar refractivity (Wildman–Crippen MR) is 76.3 cm³/mol. The maximum Gasteiger partial charge on any atom is 0.254 e. The first-order chi connectivity index (χ1) is 9.16. The molecule has 1 aromatic heterocycles. The number of carbonyl (C=O) groups is 1. The molecule has 0 saturated heterocycles. The lowest BCUT2D eigenvalue weighted by atomic mass is 10.1. The minimum atomic E-state index is -0.193. The largest absolute Gasteiger partial charge is 0.349 e. The smallest absolute Gasteiger partial charge is 0.254 e. The minimum absolute atomic E-state index is 0.0335. The second-order valence-electron chi connectivity index (χ2n) is 4.41. The monoisotopic (exact) mass is 274 g/mol. The second kappa shape index (κ2) is 6.34. The van der Waals surface area contributed by atoms with E-state index in [2.05, 4.69) is 10.3 Å². The van der Waals surface area contributed by atoms with Gasteiger partial charge in [0.2, 0.25) is 0 Å². The molecule has 2 aromatic rings. The van der Waals surface area contributed by atoms with Crippen molar-refractivity contribution in [2.45, 2.75) is 19.4 Å². The van der Waals surface area contributed by atoms with E-state index in [1.165, 1.54) is 5.56 Å². The zero-order chi connectivity index (χ0) is 13.7. The Morgan fingerprint density at radius 3 is 2.68 bits per heavy atom. The first-order valence-electron chi connectivity index (χ1n) is 6.12. The Balaban J connectivity index is 1.98. The number of aromatic nitrogens is 1. The fourth-order valence-corrected chi connectivity index (χ4v) is 2.08. The Morgan fingerprint density at radius 1 is 1.26 bits per heavy atom. The Kier molecular flexibility index (Phi) is 4.53. The number of nitrogens with zero attached hydrogens (tertiary/aromatic N) is 1. The van der Waals surface area contributed by atoms with E-state index < -0.39 is 0 Å². The van der Waals surface area contributed by atoms with Crippen LogP contribution in [-0.4, -0.2) is 16.9 Å². The summed E-state index contributed by atoms with van der Waals surface area (Å²) >= 11 is 5.89. The molecular formula is C15H15ClN2O. The first-order valence-corrected chi connectivity index (χ1v) is 6.50. The molecular weight excluding hydrogens is 260 g/mol. The van der Waals surface area contributed by atoms with Crippen LogP contribution in [0.2, 0.25) is 5.15 Å². The van der Waals surface area contributed by atoms with E-state index in [-0.39, 0.29) is 17.1 Å². The lowest BCUT2D eigenvalue weighted by molar-refractivity contribution is 0.0940. The number of benzene rings is 1. The van der Waals surface area contributed by atoms with Crippen LogP contribution >= 0.6 is 11.6 Å². The fourth-order valence-electron chi connectivity index (χ4n) is 1.88. The molecule has 1 atom stereocenters. The van der Waals surface area contributed by atoms with Gasteiger partial charge in [-0.15, -0.1) is 0 Å². The van der Waals surface area contributed by atoms with Gasteiger partial charge in [0.25, 0.3) is 5.91 Å². The van der Waals surface area contributed by atoms with Crippen molar-refractivity contribution in [2.24, 2.45) is 0 Å². The van der Waals surface area contributed by atoms with Gasteiger partial charge in [-0.3, -0.25) is 4.79 Å². The van der Waals surface area contributed by atoms with Crippen LogP contribution in [0.3, 0.4) is 0 Å². The molecule has 3 nitrogen and oxygen atoms in total. The summed E-state index contributed by atoms with van der Waals surface area (Å²) in [7, 11) is 0. The van der Waals surface area contributed by atoms with E-state index >= 15 is 0 Å². The van der Waals surface area contributed by atoms with E-state index in [0.29, 0.717) is 5.56 Å². The van der Waals surface area contributed by atoms with Crippen LogP contribution in [-0.2, 0) is 6.42 Å². The quantitative estimate of drug-likeness (QED) is 0.871.